The van der Waals surface area contributed by atoms with Crippen molar-refractivity contribution in [1.29, 1.82) is 0 Å². The highest BCUT2D eigenvalue weighted by atomic mass is 14.6. The van der Waals surface area contributed by atoms with Gasteiger partial charge < -0.3 is 5.73 Å². The minimum Gasteiger partial charge on any atom is -0.324 e. The fraction of sp³-hybridized carbons (Fsp3) is 0.667. The van der Waals surface area contributed by atoms with Crippen molar-refractivity contribution >= 4 is 0 Å². The fourth-order valence-electron chi connectivity index (χ4n) is 1.60. The maximum atomic E-state index is 5.98. The van der Waals surface area contributed by atoms with Gasteiger partial charge >= 0.3 is 0 Å². The van der Waals surface area contributed by atoms with Gasteiger partial charge in [0.05, 0.1) is 0 Å². The molecule has 74 valence electrons. The van der Waals surface area contributed by atoms with E-state index >= 15 is 0 Å². The number of allylic oxidation sites excluding steroid dienone is 3. The number of hydrogen-bond acceptors (Lipinski definition) is 1. The molecule has 1 unspecified atom stereocenters. The van der Waals surface area contributed by atoms with Gasteiger partial charge in [-0.25, -0.2) is 0 Å². The maximum Gasteiger partial charge on any atom is 0.0257 e. The molecule has 0 saturated heterocycles. The molecule has 0 aliphatic heterocycles. The van der Waals surface area contributed by atoms with Crippen LogP contribution in [0.3, 0.4) is 0 Å². The van der Waals surface area contributed by atoms with Gasteiger partial charge in [0.25, 0.3) is 0 Å². The van der Waals surface area contributed by atoms with Crippen LogP contribution in [0.2, 0.25) is 0 Å². The van der Waals surface area contributed by atoms with Crippen molar-refractivity contribution in [2.45, 2.75) is 46.6 Å². The number of hydrogen-bond donors (Lipinski definition) is 1. The van der Waals surface area contributed by atoms with Gasteiger partial charge in [-0.2, -0.15) is 0 Å². The molecule has 1 atom stereocenters. The standard InChI is InChI=1S/C12H21N/c1-9-5-6-10(12(2,3)4)7-8-11(9)13/h5-6,11H,7-8,13H2,1-4H3. The van der Waals surface area contributed by atoms with Gasteiger partial charge in [0.2, 0.25) is 0 Å². The second kappa shape index (κ2) is 3.67. The van der Waals surface area contributed by atoms with Gasteiger partial charge in [0, 0.05) is 6.04 Å². The van der Waals surface area contributed by atoms with Crippen molar-refractivity contribution in [3.05, 3.63) is 23.3 Å². The molecule has 13 heavy (non-hydrogen) atoms. The van der Waals surface area contributed by atoms with Crippen molar-refractivity contribution in [2.75, 3.05) is 0 Å². The van der Waals surface area contributed by atoms with E-state index in [9.17, 15) is 0 Å². The van der Waals surface area contributed by atoms with E-state index in [1.807, 2.05) is 0 Å². The minimum atomic E-state index is 0.260. The Morgan fingerprint density at radius 3 is 2.46 bits per heavy atom. The summed E-state index contributed by atoms with van der Waals surface area (Å²) < 4.78 is 0. The summed E-state index contributed by atoms with van der Waals surface area (Å²) in [7, 11) is 0. The van der Waals surface area contributed by atoms with Crippen molar-refractivity contribution in [3.8, 4) is 0 Å². The summed E-state index contributed by atoms with van der Waals surface area (Å²) in [5.74, 6) is 0. The van der Waals surface area contributed by atoms with Crippen LogP contribution in [0.25, 0.3) is 0 Å². The molecular formula is C12H21N. The Kier molecular flexibility index (Phi) is 2.97. The topological polar surface area (TPSA) is 26.0 Å². The SMILES string of the molecule is CC1=CC=C(C(C)(C)C)CCC1N. The quantitative estimate of drug-likeness (QED) is 0.607. The molecule has 1 aliphatic rings. The zero-order valence-corrected chi connectivity index (χ0v) is 9.22. The lowest BCUT2D eigenvalue weighted by Gasteiger charge is -2.22. The molecule has 0 fully saturated rings. The van der Waals surface area contributed by atoms with Crippen LogP contribution < -0.4 is 5.73 Å². The normalized spacial score (nSPS) is 24.8. The largest absolute Gasteiger partial charge is 0.324 e. The molecule has 0 heterocycles. The Hall–Kier alpha value is -0.560. The third-order valence-electron chi connectivity index (χ3n) is 2.82. The predicted molar refractivity (Wildman–Crippen MR) is 58.5 cm³/mol. The summed E-state index contributed by atoms with van der Waals surface area (Å²) >= 11 is 0. The number of rotatable bonds is 0. The van der Waals surface area contributed by atoms with Crippen LogP contribution in [0.5, 0.6) is 0 Å². The van der Waals surface area contributed by atoms with Crippen molar-refractivity contribution in [2.24, 2.45) is 11.1 Å². The third kappa shape index (κ3) is 2.70. The molecule has 1 nitrogen and oxygen atoms in total. The molecule has 2 N–H and O–H groups in total. The lowest BCUT2D eigenvalue weighted by molar-refractivity contribution is 0.473. The van der Waals surface area contributed by atoms with E-state index in [0.29, 0.717) is 5.41 Å². The molecule has 0 aromatic carbocycles. The van der Waals surface area contributed by atoms with Crippen LogP contribution in [-0.2, 0) is 0 Å². The summed E-state index contributed by atoms with van der Waals surface area (Å²) in [6, 6.07) is 0.260. The van der Waals surface area contributed by atoms with Crippen LogP contribution >= 0.6 is 0 Å². The predicted octanol–water partition coefficient (Wildman–Crippen LogP) is 3.03. The second-order valence-electron chi connectivity index (χ2n) is 5.00. The minimum absolute atomic E-state index is 0.260. The van der Waals surface area contributed by atoms with E-state index in [2.05, 4.69) is 39.8 Å². The Morgan fingerprint density at radius 1 is 1.31 bits per heavy atom. The first kappa shape index (κ1) is 10.5. The zero-order chi connectivity index (χ0) is 10.1. The smallest absolute Gasteiger partial charge is 0.0257 e. The van der Waals surface area contributed by atoms with Gasteiger partial charge in [0.1, 0.15) is 0 Å². The number of nitrogens with two attached hydrogens (primary N) is 1. The van der Waals surface area contributed by atoms with Crippen molar-refractivity contribution in [1.82, 2.24) is 0 Å². The first-order valence-electron chi connectivity index (χ1n) is 5.04. The molecule has 0 saturated carbocycles. The molecule has 1 aliphatic carbocycles. The summed E-state index contributed by atoms with van der Waals surface area (Å²) in [6.07, 6.45) is 6.66. The van der Waals surface area contributed by atoms with Crippen molar-refractivity contribution in [3.63, 3.8) is 0 Å². The first-order valence-corrected chi connectivity index (χ1v) is 5.04. The van der Waals surface area contributed by atoms with Crippen LogP contribution in [0.15, 0.2) is 23.3 Å². The van der Waals surface area contributed by atoms with Crippen LogP contribution in [0.4, 0.5) is 0 Å². The average molecular weight is 179 g/mol. The summed E-state index contributed by atoms with van der Waals surface area (Å²) in [4.78, 5) is 0. The average Bonchev–Trinajstić information content (AvgIpc) is 2.14. The zero-order valence-electron chi connectivity index (χ0n) is 9.22. The van der Waals surface area contributed by atoms with Gasteiger partial charge in [-0.05, 0) is 25.2 Å². The third-order valence-corrected chi connectivity index (χ3v) is 2.82. The molecule has 1 heteroatoms. The summed E-state index contributed by atoms with van der Waals surface area (Å²) in [5, 5.41) is 0. The highest BCUT2D eigenvalue weighted by Gasteiger charge is 2.19. The van der Waals surface area contributed by atoms with Crippen LogP contribution in [-0.4, -0.2) is 6.04 Å². The highest BCUT2D eigenvalue weighted by Crippen LogP contribution is 2.31. The molecule has 1 rings (SSSR count). The van der Waals surface area contributed by atoms with Crippen LogP contribution in [0.1, 0.15) is 40.5 Å². The second-order valence-corrected chi connectivity index (χ2v) is 5.00. The molecule has 0 aromatic heterocycles. The Balaban J connectivity index is 2.83. The van der Waals surface area contributed by atoms with Gasteiger partial charge in [-0.15, -0.1) is 0 Å². The molecule has 0 radical (unpaired) electrons. The van der Waals surface area contributed by atoms with E-state index in [4.69, 9.17) is 5.73 Å². The van der Waals surface area contributed by atoms with E-state index in [1.165, 1.54) is 11.1 Å². The van der Waals surface area contributed by atoms with Gasteiger partial charge in [-0.1, -0.05) is 44.1 Å². The van der Waals surface area contributed by atoms with E-state index in [0.717, 1.165) is 12.8 Å². The van der Waals surface area contributed by atoms with E-state index in [1.54, 1.807) is 0 Å². The fourth-order valence-corrected chi connectivity index (χ4v) is 1.60. The lowest BCUT2D eigenvalue weighted by Crippen LogP contribution is -2.21. The molecule has 0 aromatic rings. The molecule has 0 amide bonds. The monoisotopic (exact) mass is 179 g/mol. The van der Waals surface area contributed by atoms with E-state index < -0.39 is 0 Å². The van der Waals surface area contributed by atoms with Crippen LogP contribution in [0, 0.1) is 5.41 Å². The first-order chi connectivity index (χ1) is 5.91. The maximum absolute atomic E-state index is 5.98. The summed E-state index contributed by atoms with van der Waals surface area (Å²) in [6.45, 7) is 8.91. The Bertz CT molecular complexity index is 240. The van der Waals surface area contributed by atoms with Gasteiger partial charge in [0.15, 0.2) is 0 Å². The molecule has 0 bridgehead atoms. The molecule has 0 spiro atoms. The summed E-state index contributed by atoms with van der Waals surface area (Å²) in [5.41, 5.74) is 9.09. The van der Waals surface area contributed by atoms with Gasteiger partial charge in [-0.3, -0.25) is 0 Å². The Morgan fingerprint density at radius 2 is 1.92 bits per heavy atom. The van der Waals surface area contributed by atoms with Crippen molar-refractivity contribution < 1.29 is 0 Å². The van der Waals surface area contributed by atoms with E-state index in [-0.39, 0.29) is 6.04 Å². The lowest BCUT2D eigenvalue weighted by atomic mass is 9.83. The highest BCUT2D eigenvalue weighted by molar-refractivity contribution is 5.26. The molecular weight excluding hydrogens is 158 g/mol. The Labute approximate surface area is 81.7 Å².